The average molecular weight is 290 g/mol. The fraction of sp³-hybridized carbons (Fsp3) is 0.333. The van der Waals surface area contributed by atoms with Gasteiger partial charge in [0.2, 0.25) is 0 Å². The van der Waals surface area contributed by atoms with E-state index in [1.54, 1.807) is 11.3 Å². The Morgan fingerprint density at radius 1 is 1.30 bits per heavy atom. The van der Waals surface area contributed by atoms with Gasteiger partial charge in [-0.1, -0.05) is 17.7 Å². The molecule has 0 fully saturated rings. The predicted molar refractivity (Wildman–Crippen MR) is 81.3 cm³/mol. The summed E-state index contributed by atoms with van der Waals surface area (Å²) in [6.07, 6.45) is 0.122. The number of hydrogen-bond acceptors (Lipinski definition) is 4. The minimum Gasteiger partial charge on any atom is -0.481 e. The summed E-state index contributed by atoms with van der Waals surface area (Å²) in [5, 5.41) is 11.9. The topological polar surface area (TPSA) is 53.4 Å². The Kier molecular flexibility index (Phi) is 4.74. The molecule has 0 saturated carbocycles. The van der Waals surface area contributed by atoms with Crippen LogP contribution in [0, 0.1) is 13.8 Å². The van der Waals surface area contributed by atoms with Gasteiger partial charge in [-0.05, 0) is 26.0 Å². The van der Waals surface area contributed by atoms with Crippen LogP contribution in [0.4, 0.5) is 5.69 Å². The van der Waals surface area contributed by atoms with E-state index in [1.807, 2.05) is 43.5 Å². The smallest absolute Gasteiger partial charge is 0.305 e. The molecule has 4 nitrogen and oxygen atoms in total. The highest BCUT2D eigenvalue weighted by molar-refractivity contribution is 7.09. The van der Waals surface area contributed by atoms with Crippen molar-refractivity contribution < 1.29 is 9.90 Å². The number of thiazole rings is 1. The second-order valence-electron chi connectivity index (χ2n) is 4.76. The van der Waals surface area contributed by atoms with Crippen LogP contribution < -0.4 is 4.90 Å². The number of hydrogen-bond donors (Lipinski definition) is 1. The number of anilines is 1. The van der Waals surface area contributed by atoms with Gasteiger partial charge in [-0.2, -0.15) is 0 Å². The Labute approximate surface area is 122 Å². The molecule has 0 spiro atoms. The van der Waals surface area contributed by atoms with E-state index >= 15 is 0 Å². The van der Waals surface area contributed by atoms with Crippen molar-refractivity contribution >= 4 is 23.0 Å². The lowest BCUT2D eigenvalue weighted by molar-refractivity contribution is -0.136. The Hall–Kier alpha value is -1.88. The summed E-state index contributed by atoms with van der Waals surface area (Å²) in [6.45, 7) is 5.13. The quantitative estimate of drug-likeness (QED) is 0.887. The summed E-state index contributed by atoms with van der Waals surface area (Å²) in [4.78, 5) is 17.3. The van der Waals surface area contributed by atoms with Crippen LogP contribution in [0.1, 0.15) is 22.7 Å². The van der Waals surface area contributed by atoms with Crippen molar-refractivity contribution in [3.8, 4) is 0 Å². The Morgan fingerprint density at radius 3 is 2.55 bits per heavy atom. The third-order valence-corrected chi connectivity index (χ3v) is 3.84. The summed E-state index contributed by atoms with van der Waals surface area (Å²) < 4.78 is 0. The summed E-state index contributed by atoms with van der Waals surface area (Å²) >= 11 is 1.61. The zero-order valence-electron chi connectivity index (χ0n) is 11.7. The zero-order chi connectivity index (χ0) is 14.5. The molecule has 106 valence electrons. The first-order valence-corrected chi connectivity index (χ1v) is 7.37. The molecule has 0 amide bonds. The average Bonchev–Trinajstić information content (AvgIpc) is 2.81. The van der Waals surface area contributed by atoms with E-state index < -0.39 is 5.97 Å². The van der Waals surface area contributed by atoms with Crippen LogP contribution in [0.3, 0.4) is 0 Å². The van der Waals surface area contributed by atoms with E-state index in [-0.39, 0.29) is 6.42 Å². The number of aromatic nitrogens is 1. The highest BCUT2D eigenvalue weighted by Gasteiger charge is 2.11. The van der Waals surface area contributed by atoms with Crippen LogP contribution in [-0.2, 0) is 11.3 Å². The van der Waals surface area contributed by atoms with Gasteiger partial charge in [0, 0.05) is 17.6 Å². The first kappa shape index (κ1) is 14.5. The molecule has 0 aliphatic rings. The molecule has 0 unspecified atom stereocenters. The highest BCUT2D eigenvalue weighted by Crippen LogP contribution is 2.19. The van der Waals surface area contributed by atoms with Gasteiger partial charge in [0.15, 0.2) is 0 Å². The molecule has 2 aromatic rings. The van der Waals surface area contributed by atoms with E-state index in [0.717, 1.165) is 16.4 Å². The Balaban J connectivity index is 2.15. The number of rotatable bonds is 6. The Bertz CT molecular complexity index is 578. The molecule has 0 atom stereocenters. The van der Waals surface area contributed by atoms with Gasteiger partial charge in [-0.25, -0.2) is 4.98 Å². The van der Waals surface area contributed by atoms with Crippen molar-refractivity contribution in [2.45, 2.75) is 26.8 Å². The molecule has 5 heteroatoms. The lowest BCUT2D eigenvalue weighted by atomic mass is 10.2. The molecule has 1 aromatic heterocycles. The minimum absolute atomic E-state index is 0.122. The molecule has 0 aliphatic heterocycles. The van der Waals surface area contributed by atoms with Crippen LogP contribution in [0.15, 0.2) is 29.6 Å². The molecule has 0 aliphatic carbocycles. The standard InChI is InChI=1S/C15H18N2O2S/c1-11-3-5-14(6-4-11)17(8-7-15(18)19)9-13-10-20-12(2)16-13/h3-6,10H,7-9H2,1-2H3,(H,18,19). The van der Waals surface area contributed by atoms with Gasteiger partial charge < -0.3 is 10.0 Å². The summed E-state index contributed by atoms with van der Waals surface area (Å²) in [5.41, 5.74) is 3.21. The van der Waals surface area contributed by atoms with Crippen LogP contribution in [-0.4, -0.2) is 22.6 Å². The first-order chi connectivity index (χ1) is 9.54. The fourth-order valence-electron chi connectivity index (χ4n) is 1.96. The number of aryl methyl sites for hydroxylation is 2. The number of carbonyl (C=O) groups is 1. The predicted octanol–water partition coefficient (Wildman–Crippen LogP) is 3.24. The molecular formula is C15H18N2O2S. The van der Waals surface area contributed by atoms with E-state index in [0.29, 0.717) is 13.1 Å². The van der Waals surface area contributed by atoms with Gasteiger partial charge in [0.05, 0.1) is 23.7 Å². The van der Waals surface area contributed by atoms with Crippen LogP contribution in [0.5, 0.6) is 0 Å². The van der Waals surface area contributed by atoms with Gasteiger partial charge in [-0.3, -0.25) is 4.79 Å². The maximum Gasteiger partial charge on any atom is 0.305 e. The van der Waals surface area contributed by atoms with Crippen LogP contribution in [0.25, 0.3) is 0 Å². The van der Waals surface area contributed by atoms with E-state index in [4.69, 9.17) is 5.11 Å². The lowest BCUT2D eigenvalue weighted by Gasteiger charge is -2.23. The second kappa shape index (κ2) is 6.52. The largest absolute Gasteiger partial charge is 0.481 e. The summed E-state index contributed by atoms with van der Waals surface area (Å²) in [5.74, 6) is -0.781. The third kappa shape index (κ3) is 4.06. The molecule has 0 bridgehead atoms. The van der Waals surface area contributed by atoms with Gasteiger partial charge in [0.25, 0.3) is 0 Å². The third-order valence-electron chi connectivity index (χ3n) is 3.01. The number of benzene rings is 1. The number of nitrogens with zero attached hydrogens (tertiary/aromatic N) is 2. The molecule has 1 heterocycles. The zero-order valence-corrected chi connectivity index (χ0v) is 12.5. The normalized spacial score (nSPS) is 10.5. The maximum absolute atomic E-state index is 10.8. The van der Waals surface area contributed by atoms with Crippen molar-refractivity contribution in [1.29, 1.82) is 0 Å². The Morgan fingerprint density at radius 2 is 2.00 bits per heavy atom. The molecule has 20 heavy (non-hydrogen) atoms. The van der Waals surface area contributed by atoms with Crippen molar-refractivity contribution in [3.63, 3.8) is 0 Å². The number of aliphatic carboxylic acids is 1. The van der Waals surface area contributed by atoms with Gasteiger partial charge >= 0.3 is 5.97 Å². The molecule has 1 aromatic carbocycles. The van der Waals surface area contributed by atoms with Crippen molar-refractivity contribution in [2.24, 2.45) is 0 Å². The molecule has 1 N–H and O–H groups in total. The van der Waals surface area contributed by atoms with Crippen molar-refractivity contribution in [1.82, 2.24) is 4.98 Å². The highest BCUT2D eigenvalue weighted by atomic mass is 32.1. The van der Waals surface area contributed by atoms with E-state index in [9.17, 15) is 4.79 Å². The fourth-order valence-corrected chi connectivity index (χ4v) is 2.57. The lowest BCUT2D eigenvalue weighted by Crippen LogP contribution is -2.25. The maximum atomic E-state index is 10.8. The van der Waals surface area contributed by atoms with Crippen LogP contribution in [0.2, 0.25) is 0 Å². The van der Waals surface area contributed by atoms with Crippen LogP contribution >= 0.6 is 11.3 Å². The SMILES string of the molecule is Cc1ccc(N(CCC(=O)O)Cc2csc(C)n2)cc1. The minimum atomic E-state index is -0.781. The van der Waals surface area contributed by atoms with E-state index in [1.165, 1.54) is 5.56 Å². The summed E-state index contributed by atoms with van der Waals surface area (Å²) in [6, 6.07) is 8.12. The summed E-state index contributed by atoms with van der Waals surface area (Å²) in [7, 11) is 0. The second-order valence-corrected chi connectivity index (χ2v) is 5.82. The molecule has 2 rings (SSSR count). The number of carboxylic acids is 1. The van der Waals surface area contributed by atoms with Gasteiger partial charge in [0.1, 0.15) is 0 Å². The van der Waals surface area contributed by atoms with Crippen molar-refractivity contribution in [2.75, 3.05) is 11.4 Å². The molecular weight excluding hydrogens is 272 g/mol. The monoisotopic (exact) mass is 290 g/mol. The molecule has 0 radical (unpaired) electrons. The molecule has 0 saturated heterocycles. The number of carboxylic acid groups (broad SMARTS) is 1. The first-order valence-electron chi connectivity index (χ1n) is 6.49. The van der Waals surface area contributed by atoms with Gasteiger partial charge in [-0.15, -0.1) is 11.3 Å². The van der Waals surface area contributed by atoms with E-state index in [2.05, 4.69) is 9.88 Å². The van der Waals surface area contributed by atoms with Crippen molar-refractivity contribution in [3.05, 3.63) is 45.9 Å².